The molecule has 1 aromatic heterocycles. The van der Waals surface area contributed by atoms with Gasteiger partial charge in [-0.3, -0.25) is 9.88 Å². The highest BCUT2D eigenvalue weighted by Crippen LogP contribution is 2.17. The molecule has 1 aromatic rings. The fourth-order valence-corrected chi connectivity index (χ4v) is 2.73. The molecule has 3 nitrogen and oxygen atoms in total. The Morgan fingerprint density at radius 2 is 2.05 bits per heavy atom. The molecule has 1 N–H and O–H groups in total. The smallest absolute Gasteiger partial charge is 0.0544 e. The van der Waals surface area contributed by atoms with Gasteiger partial charge in [-0.25, -0.2) is 0 Å². The number of aromatic nitrogens is 1. The van der Waals surface area contributed by atoms with Gasteiger partial charge < -0.3 is 5.32 Å². The van der Waals surface area contributed by atoms with Gasteiger partial charge in [-0.05, 0) is 70.7 Å². The maximum atomic E-state index is 4.64. The van der Waals surface area contributed by atoms with Crippen LogP contribution in [0.4, 0.5) is 0 Å². The van der Waals surface area contributed by atoms with Crippen LogP contribution in [0.15, 0.2) is 18.3 Å². The van der Waals surface area contributed by atoms with Crippen LogP contribution in [-0.2, 0) is 13.1 Å². The van der Waals surface area contributed by atoms with E-state index in [2.05, 4.69) is 55.0 Å². The van der Waals surface area contributed by atoms with Crippen molar-refractivity contribution in [3.63, 3.8) is 0 Å². The van der Waals surface area contributed by atoms with Crippen LogP contribution in [0.3, 0.4) is 0 Å². The predicted molar refractivity (Wildman–Crippen MR) is 89.1 cm³/mol. The molecule has 3 heteroatoms. The number of rotatable bonds is 4. The lowest BCUT2D eigenvalue weighted by Crippen LogP contribution is -2.35. The van der Waals surface area contributed by atoms with Gasteiger partial charge in [-0.1, -0.05) is 13.0 Å². The van der Waals surface area contributed by atoms with Crippen molar-refractivity contribution in [3.05, 3.63) is 29.6 Å². The molecule has 1 fully saturated rings. The van der Waals surface area contributed by atoms with E-state index in [0.717, 1.165) is 19.0 Å². The van der Waals surface area contributed by atoms with E-state index in [4.69, 9.17) is 0 Å². The first-order valence-electron chi connectivity index (χ1n) is 8.33. The largest absolute Gasteiger partial charge is 0.308 e. The summed E-state index contributed by atoms with van der Waals surface area (Å²) < 4.78 is 0. The first kappa shape index (κ1) is 16.4. The van der Waals surface area contributed by atoms with Crippen LogP contribution in [0.2, 0.25) is 0 Å². The summed E-state index contributed by atoms with van der Waals surface area (Å²) in [6, 6.07) is 4.40. The van der Waals surface area contributed by atoms with E-state index in [1.807, 2.05) is 6.20 Å². The summed E-state index contributed by atoms with van der Waals surface area (Å²) >= 11 is 0. The van der Waals surface area contributed by atoms with Gasteiger partial charge in [0.15, 0.2) is 0 Å². The SMILES string of the molecule is CC1CCCN(Cc2ccc(CNC(C)(C)C)cn2)CC1. The van der Waals surface area contributed by atoms with Crippen LogP contribution in [-0.4, -0.2) is 28.5 Å². The average Bonchev–Trinajstić information content (AvgIpc) is 2.62. The van der Waals surface area contributed by atoms with Crippen LogP contribution >= 0.6 is 0 Å². The number of nitrogens with zero attached hydrogens (tertiary/aromatic N) is 2. The van der Waals surface area contributed by atoms with Gasteiger partial charge in [0.1, 0.15) is 0 Å². The van der Waals surface area contributed by atoms with Crippen molar-refractivity contribution >= 4 is 0 Å². The van der Waals surface area contributed by atoms with Gasteiger partial charge in [0.05, 0.1) is 5.69 Å². The third-order valence-corrected chi connectivity index (χ3v) is 4.20. The molecule has 1 atom stereocenters. The molecule has 21 heavy (non-hydrogen) atoms. The summed E-state index contributed by atoms with van der Waals surface area (Å²) in [5.41, 5.74) is 2.61. The molecule has 1 unspecified atom stereocenters. The summed E-state index contributed by atoms with van der Waals surface area (Å²) in [7, 11) is 0. The molecule has 2 heterocycles. The quantitative estimate of drug-likeness (QED) is 0.918. The maximum Gasteiger partial charge on any atom is 0.0544 e. The first-order valence-corrected chi connectivity index (χ1v) is 8.33. The van der Waals surface area contributed by atoms with E-state index in [-0.39, 0.29) is 5.54 Å². The Balaban J connectivity index is 1.84. The minimum Gasteiger partial charge on any atom is -0.308 e. The first-order chi connectivity index (χ1) is 9.92. The number of likely N-dealkylation sites (tertiary alicyclic amines) is 1. The summed E-state index contributed by atoms with van der Waals surface area (Å²) in [4.78, 5) is 7.20. The lowest BCUT2D eigenvalue weighted by atomic mass is 10.0. The second-order valence-corrected chi connectivity index (χ2v) is 7.57. The van der Waals surface area contributed by atoms with Crippen molar-refractivity contribution in [2.24, 2.45) is 5.92 Å². The zero-order valence-corrected chi connectivity index (χ0v) is 14.2. The van der Waals surface area contributed by atoms with Gasteiger partial charge in [0.25, 0.3) is 0 Å². The number of nitrogens with one attached hydrogen (secondary N) is 1. The summed E-state index contributed by atoms with van der Waals surface area (Å²) in [5, 5.41) is 3.50. The third kappa shape index (κ3) is 6.15. The molecule has 0 spiro atoms. The van der Waals surface area contributed by atoms with E-state index < -0.39 is 0 Å². The molecule has 0 aliphatic carbocycles. The topological polar surface area (TPSA) is 28.2 Å². The van der Waals surface area contributed by atoms with Gasteiger partial charge in [0, 0.05) is 24.8 Å². The molecule has 0 saturated carbocycles. The normalized spacial score (nSPS) is 21.2. The minimum atomic E-state index is 0.154. The fraction of sp³-hybridized carbons (Fsp3) is 0.722. The Labute approximate surface area is 130 Å². The highest BCUT2D eigenvalue weighted by atomic mass is 15.1. The maximum absolute atomic E-state index is 4.64. The van der Waals surface area contributed by atoms with Gasteiger partial charge >= 0.3 is 0 Å². The molecular formula is C18H31N3. The van der Waals surface area contributed by atoms with Gasteiger partial charge in [-0.15, -0.1) is 0 Å². The molecule has 0 amide bonds. The van der Waals surface area contributed by atoms with Crippen molar-refractivity contribution in [3.8, 4) is 0 Å². The molecule has 2 rings (SSSR count). The van der Waals surface area contributed by atoms with Crippen molar-refractivity contribution in [2.75, 3.05) is 13.1 Å². The van der Waals surface area contributed by atoms with Crippen LogP contribution in [0.5, 0.6) is 0 Å². The van der Waals surface area contributed by atoms with Crippen molar-refractivity contribution in [1.82, 2.24) is 15.2 Å². The second kappa shape index (κ2) is 7.37. The highest BCUT2D eigenvalue weighted by molar-refractivity contribution is 5.14. The summed E-state index contributed by atoms with van der Waals surface area (Å²) in [6.45, 7) is 13.3. The standard InChI is InChI=1S/C18H31N3/c1-15-6-5-10-21(11-9-15)14-17-8-7-16(12-19-17)13-20-18(2,3)4/h7-8,12,15,20H,5-6,9-11,13-14H2,1-4H3. The van der Waals surface area contributed by atoms with Crippen molar-refractivity contribution in [2.45, 2.75) is 65.6 Å². The Morgan fingerprint density at radius 3 is 2.71 bits per heavy atom. The summed E-state index contributed by atoms with van der Waals surface area (Å²) in [5.74, 6) is 0.883. The number of pyridine rings is 1. The van der Waals surface area contributed by atoms with Crippen LogP contribution in [0.25, 0.3) is 0 Å². The zero-order valence-electron chi connectivity index (χ0n) is 14.2. The third-order valence-electron chi connectivity index (χ3n) is 4.20. The number of hydrogen-bond donors (Lipinski definition) is 1. The van der Waals surface area contributed by atoms with Crippen LogP contribution in [0.1, 0.15) is 58.2 Å². The van der Waals surface area contributed by atoms with Gasteiger partial charge in [-0.2, -0.15) is 0 Å². The van der Waals surface area contributed by atoms with E-state index in [1.165, 1.54) is 43.6 Å². The Kier molecular flexibility index (Phi) is 5.77. The van der Waals surface area contributed by atoms with E-state index in [1.54, 1.807) is 0 Å². The summed E-state index contributed by atoms with van der Waals surface area (Å²) in [6.07, 6.45) is 6.05. The monoisotopic (exact) mass is 289 g/mol. The number of hydrogen-bond acceptors (Lipinski definition) is 3. The molecule has 1 aliphatic rings. The fourth-order valence-electron chi connectivity index (χ4n) is 2.73. The van der Waals surface area contributed by atoms with Gasteiger partial charge in [0.2, 0.25) is 0 Å². The molecular weight excluding hydrogens is 258 g/mol. The Morgan fingerprint density at radius 1 is 1.24 bits per heavy atom. The average molecular weight is 289 g/mol. The lowest BCUT2D eigenvalue weighted by Gasteiger charge is -2.21. The van der Waals surface area contributed by atoms with E-state index in [9.17, 15) is 0 Å². The zero-order chi connectivity index (χ0) is 15.3. The molecule has 0 aromatic carbocycles. The van der Waals surface area contributed by atoms with E-state index in [0.29, 0.717) is 0 Å². The Hall–Kier alpha value is -0.930. The van der Waals surface area contributed by atoms with E-state index >= 15 is 0 Å². The molecule has 0 radical (unpaired) electrons. The molecule has 118 valence electrons. The second-order valence-electron chi connectivity index (χ2n) is 7.57. The molecule has 1 saturated heterocycles. The Bertz CT molecular complexity index is 419. The lowest BCUT2D eigenvalue weighted by molar-refractivity contribution is 0.270. The predicted octanol–water partition coefficient (Wildman–Crippen LogP) is 3.59. The van der Waals surface area contributed by atoms with Crippen LogP contribution in [0, 0.1) is 5.92 Å². The molecule has 1 aliphatic heterocycles. The van der Waals surface area contributed by atoms with Crippen LogP contribution < -0.4 is 5.32 Å². The highest BCUT2D eigenvalue weighted by Gasteiger charge is 2.14. The minimum absolute atomic E-state index is 0.154. The molecule has 0 bridgehead atoms. The van der Waals surface area contributed by atoms with Crippen molar-refractivity contribution in [1.29, 1.82) is 0 Å². The van der Waals surface area contributed by atoms with Crippen molar-refractivity contribution < 1.29 is 0 Å².